The summed E-state index contributed by atoms with van der Waals surface area (Å²) in [6, 6.07) is 11.6. The maximum Gasteiger partial charge on any atom is 0.242 e. The number of anilines is 1. The second-order valence-corrected chi connectivity index (χ2v) is 10.8. The average molecular weight is 529 g/mol. The number of carbonyl (C=O) groups is 2. The fourth-order valence-electron chi connectivity index (χ4n) is 3.71. The fourth-order valence-corrected chi connectivity index (χ4v) is 4.99. The molecule has 7 nitrogen and oxygen atoms in total. The Hall–Kier alpha value is -2.29. The van der Waals surface area contributed by atoms with Crippen molar-refractivity contribution in [2.75, 3.05) is 24.2 Å². The number of benzene rings is 2. The van der Waals surface area contributed by atoms with Crippen molar-refractivity contribution in [3.05, 3.63) is 63.6 Å². The molecular formula is C24H31Cl2N3O4S. The van der Waals surface area contributed by atoms with Crippen molar-refractivity contribution in [1.82, 2.24) is 10.2 Å². The maximum absolute atomic E-state index is 13.3. The lowest BCUT2D eigenvalue weighted by molar-refractivity contribution is -0.141. The van der Waals surface area contributed by atoms with Gasteiger partial charge in [0.1, 0.15) is 6.04 Å². The molecule has 0 aliphatic rings. The minimum atomic E-state index is -3.53. The Morgan fingerprint density at radius 2 is 1.79 bits per heavy atom. The third-order valence-corrected chi connectivity index (χ3v) is 7.34. The lowest BCUT2D eigenvalue weighted by atomic mass is 10.1. The normalized spacial score (nSPS) is 12.2. The highest BCUT2D eigenvalue weighted by molar-refractivity contribution is 7.92. The Labute approximate surface area is 212 Å². The molecule has 0 bridgehead atoms. The van der Waals surface area contributed by atoms with E-state index in [0.29, 0.717) is 28.6 Å². The zero-order valence-electron chi connectivity index (χ0n) is 19.8. The van der Waals surface area contributed by atoms with Crippen molar-refractivity contribution < 1.29 is 18.0 Å². The van der Waals surface area contributed by atoms with E-state index in [9.17, 15) is 18.0 Å². The van der Waals surface area contributed by atoms with Crippen LogP contribution in [0.5, 0.6) is 0 Å². The van der Waals surface area contributed by atoms with Crippen molar-refractivity contribution in [2.24, 2.45) is 0 Å². The Kier molecular flexibility index (Phi) is 10.2. The molecule has 0 fully saturated rings. The first-order valence-electron chi connectivity index (χ1n) is 11.0. The molecule has 34 heavy (non-hydrogen) atoms. The Bertz CT molecular complexity index is 1120. The summed E-state index contributed by atoms with van der Waals surface area (Å²) in [5.74, 6) is -0.521. The lowest BCUT2D eigenvalue weighted by Gasteiger charge is -2.31. The van der Waals surface area contributed by atoms with Crippen LogP contribution in [0.3, 0.4) is 0 Å². The van der Waals surface area contributed by atoms with Crippen LogP contribution in [0.1, 0.15) is 37.3 Å². The van der Waals surface area contributed by atoms with Gasteiger partial charge in [-0.25, -0.2) is 8.42 Å². The summed E-state index contributed by atoms with van der Waals surface area (Å²) in [7, 11) is -2.01. The molecule has 0 saturated heterocycles. The molecule has 0 heterocycles. The SMILES string of the molecule is CC[C@@H](C(=O)NC)N(Cc1ccc(Cl)c(Cl)c1)C(=O)CCCN(c1cccc(C)c1)S(C)(=O)=O. The topological polar surface area (TPSA) is 86.8 Å². The summed E-state index contributed by atoms with van der Waals surface area (Å²) in [6.07, 6.45) is 1.94. The molecule has 2 amide bonds. The molecule has 2 aromatic carbocycles. The monoisotopic (exact) mass is 527 g/mol. The summed E-state index contributed by atoms with van der Waals surface area (Å²) in [6.45, 7) is 4.04. The van der Waals surface area contributed by atoms with Crippen LogP contribution in [0.2, 0.25) is 10.0 Å². The van der Waals surface area contributed by atoms with Gasteiger partial charge < -0.3 is 10.2 Å². The maximum atomic E-state index is 13.3. The van der Waals surface area contributed by atoms with Crippen LogP contribution >= 0.6 is 23.2 Å². The highest BCUT2D eigenvalue weighted by Gasteiger charge is 2.28. The van der Waals surface area contributed by atoms with Crippen molar-refractivity contribution in [3.8, 4) is 0 Å². The predicted octanol–water partition coefficient (Wildman–Crippen LogP) is 4.40. The van der Waals surface area contributed by atoms with E-state index in [2.05, 4.69) is 5.32 Å². The highest BCUT2D eigenvalue weighted by atomic mass is 35.5. The molecule has 186 valence electrons. The predicted molar refractivity (Wildman–Crippen MR) is 138 cm³/mol. The number of nitrogens with zero attached hydrogens (tertiary/aromatic N) is 2. The number of rotatable bonds is 11. The first-order chi connectivity index (χ1) is 16.0. The van der Waals surface area contributed by atoms with Gasteiger partial charge in [-0.1, -0.05) is 48.3 Å². The molecule has 1 N–H and O–H groups in total. The number of nitrogens with one attached hydrogen (secondary N) is 1. The molecule has 2 aromatic rings. The molecule has 2 rings (SSSR count). The first kappa shape index (κ1) is 28.0. The number of amides is 2. The zero-order chi connectivity index (χ0) is 25.5. The Morgan fingerprint density at radius 3 is 2.35 bits per heavy atom. The van der Waals surface area contributed by atoms with Gasteiger partial charge in [-0.05, 0) is 55.2 Å². The van der Waals surface area contributed by atoms with Crippen LogP contribution < -0.4 is 9.62 Å². The number of sulfonamides is 1. The van der Waals surface area contributed by atoms with Gasteiger partial charge in [0.2, 0.25) is 21.8 Å². The standard InChI is InChI=1S/C24H31Cl2N3O4S/c1-5-22(24(31)27-3)28(16-18-11-12-20(25)21(26)15-18)23(30)10-7-13-29(34(4,32)33)19-9-6-8-17(2)14-19/h6,8-9,11-12,14-15,22H,5,7,10,13,16H2,1-4H3,(H,27,31)/t22-/m0/s1. The van der Waals surface area contributed by atoms with Crippen LogP contribution in [0.15, 0.2) is 42.5 Å². The third-order valence-electron chi connectivity index (χ3n) is 5.41. The van der Waals surface area contributed by atoms with Crippen molar-refractivity contribution in [3.63, 3.8) is 0 Å². The van der Waals surface area contributed by atoms with Gasteiger partial charge in [0, 0.05) is 26.6 Å². The van der Waals surface area contributed by atoms with Crippen LogP contribution in [0, 0.1) is 6.92 Å². The number of hydrogen-bond donors (Lipinski definition) is 1. The van der Waals surface area contributed by atoms with Crippen molar-refractivity contribution >= 4 is 50.7 Å². The average Bonchev–Trinajstić information content (AvgIpc) is 2.77. The molecule has 10 heteroatoms. The Balaban J connectivity index is 2.21. The second-order valence-electron chi connectivity index (χ2n) is 8.09. The number of carbonyl (C=O) groups excluding carboxylic acids is 2. The highest BCUT2D eigenvalue weighted by Crippen LogP contribution is 2.25. The van der Waals surface area contributed by atoms with Gasteiger partial charge in [0.15, 0.2) is 0 Å². The quantitative estimate of drug-likeness (QED) is 0.469. The lowest BCUT2D eigenvalue weighted by Crippen LogP contribution is -2.48. The summed E-state index contributed by atoms with van der Waals surface area (Å²) >= 11 is 12.1. The molecule has 0 aromatic heterocycles. The molecule has 0 saturated carbocycles. The molecule has 0 aliphatic carbocycles. The van der Waals surface area contributed by atoms with Gasteiger partial charge in [-0.2, -0.15) is 0 Å². The Morgan fingerprint density at radius 1 is 1.09 bits per heavy atom. The van der Waals surface area contributed by atoms with Crippen LogP contribution in [-0.2, 0) is 26.2 Å². The molecule has 0 aliphatic heterocycles. The number of halogens is 2. The van der Waals surface area contributed by atoms with E-state index in [-0.39, 0.29) is 31.3 Å². The molecule has 1 atom stereocenters. The van der Waals surface area contributed by atoms with Crippen molar-refractivity contribution in [1.29, 1.82) is 0 Å². The molecule has 0 radical (unpaired) electrons. The summed E-state index contributed by atoms with van der Waals surface area (Å²) < 4.78 is 26.1. The van der Waals surface area contributed by atoms with E-state index in [1.807, 2.05) is 19.9 Å². The molecular weight excluding hydrogens is 497 g/mol. The fraction of sp³-hybridized carbons (Fsp3) is 0.417. The summed E-state index contributed by atoms with van der Waals surface area (Å²) in [4.78, 5) is 27.3. The number of likely N-dealkylation sites (N-methyl/N-ethyl adjacent to an activating group) is 1. The van der Waals surface area contributed by atoms with E-state index in [1.54, 1.807) is 36.4 Å². The number of hydrogen-bond acceptors (Lipinski definition) is 4. The van der Waals surface area contributed by atoms with Crippen LogP contribution in [0.25, 0.3) is 0 Å². The summed E-state index contributed by atoms with van der Waals surface area (Å²) in [5.41, 5.74) is 2.23. The van der Waals surface area contributed by atoms with Gasteiger partial charge in [0.05, 0.1) is 22.0 Å². The smallest absolute Gasteiger partial charge is 0.242 e. The number of aryl methyl sites for hydroxylation is 1. The van der Waals surface area contributed by atoms with Crippen molar-refractivity contribution in [2.45, 2.75) is 45.7 Å². The van der Waals surface area contributed by atoms with Crippen LogP contribution in [0.4, 0.5) is 5.69 Å². The van der Waals surface area contributed by atoms with E-state index in [4.69, 9.17) is 23.2 Å². The molecule has 0 spiro atoms. The van der Waals surface area contributed by atoms with E-state index in [0.717, 1.165) is 17.4 Å². The largest absolute Gasteiger partial charge is 0.357 e. The molecule has 0 unspecified atom stereocenters. The van der Waals surface area contributed by atoms with E-state index in [1.165, 1.54) is 16.3 Å². The summed E-state index contributed by atoms with van der Waals surface area (Å²) in [5, 5.41) is 3.38. The minimum absolute atomic E-state index is 0.0760. The van der Waals surface area contributed by atoms with Gasteiger partial charge in [0.25, 0.3) is 0 Å². The third kappa shape index (κ3) is 7.61. The van der Waals surface area contributed by atoms with Crippen LogP contribution in [-0.4, -0.2) is 51.0 Å². The minimum Gasteiger partial charge on any atom is -0.357 e. The zero-order valence-corrected chi connectivity index (χ0v) is 22.2. The second kappa shape index (κ2) is 12.4. The first-order valence-corrected chi connectivity index (χ1v) is 13.6. The van der Waals surface area contributed by atoms with Gasteiger partial charge in [-0.15, -0.1) is 0 Å². The van der Waals surface area contributed by atoms with E-state index >= 15 is 0 Å². The van der Waals surface area contributed by atoms with Gasteiger partial charge in [-0.3, -0.25) is 13.9 Å². The van der Waals surface area contributed by atoms with Gasteiger partial charge >= 0.3 is 0 Å². The van der Waals surface area contributed by atoms with E-state index < -0.39 is 16.1 Å².